The normalized spacial score (nSPS) is 10.3. The molecule has 0 fully saturated rings. The molecule has 0 aliphatic heterocycles. The molecule has 2 rings (SSSR count). The van der Waals surface area contributed by atoms with Crippen molar-refractivity contribution < 1.29 is 4.74 Å². The van der Waals surface area contributed by atoms with Crippen molar-refractivity contribution in [3.05, 3.63) is 58.3 Å². The van der Waals surface area contributed by atoms with E-state index in [2.05, 4.69) is 38.4 Å². The van der Waals surface area contributed by atoms with E-state index in [-0.39, 0.29) is 0 Å². The Balaban J connectivity index is 1.92. The van der Waals surface area contributed by atoms with E-state index in [1.165, 1.54) is 0 Å². The van der Waals surface area contributed by atoms with Crippen molar-refractivity contribution in [1.29, 1.82) is 0 Å². The molecule has 94 valence electrons. The van der Waals surface area contributed by atoms with Crippen molar-refractivity contribution in [1.82, 2.24) is 10.3 Å². The Bertz CT molecular complexity index is 517. The fraction of sp³-hybridized carbons (Fsp3) is 0.214. The maximum Gasteiger partial charge on any atom is 0.123 e. The standard InChI is InChI=1S/C14H15BrN2O/c1-18-14-5-3-2-4-12(14)9-16-7-11-6-13(15)10-17-8-11/h2-6,8,10,16H,7,9H2,1H3. The Kier molecular flexibility index (Phi) is 4.73. The van der Waals surface area contributed by atoms with E-state index >= 15 is 0 Å². The lowest BCUT2D eigenvalue weighted by Crippen LogP contribution is -2.13. The third-order valence-corrected chi connectivity index (χ3v) is 3.03. The zero-order chi connectivity index (χ0) is 12.8. The molecule has 1 N–H and O–H groups in total. The van der Waals surface area contributed by atoms with E-state index in [0.717, 1.165) is 34.4 Å². The smallest absolute Gasteiger partial charge is 0.123 e. The van der Waals surface area contributed by atoms with E-state index in [9.17, 15) is 0 Å². The summed E-state index contributed by atoms with van der Waals surface area (Å²) >= 11 is 3.41. The fourth-order valence-corrected chi connectivity index (χ4v) is 2.16. The molecule has 0 saturated carbocycles. The van der Waals surface area contributed by atoms with Gasteiger partial charge >= 0.3 is 0 Å². The maximum absolute atomic E-state index is 5.31. The Morgan fingerprint density at radius 3 is 2.83 bits per heavy atom. The van der Waals surface area contributed by atoms with Crippen molar-refractivity contribution in [2.75, 3.05) is 7.11 Å². The molecule has 0 spiro atoms. The predicted molar refractivity (Wildman–Crippen MR) is 75.5 cm³/mol. The van der Waals surface area contributed by atoms with Gasteiger partial charge in [-0.15, -0.1) is 0 Å². The van der Waals surface area contributed by atoms with Gasteiger partial charge in [-0.25, -0.2) is 0 Å². The van der Waals surface area contributed by atoms with Crippen LogP contribution in [0.15, 0.2) is 47.2 Å². The molecule has 1 aromatic carbocycles. The Morgan fingerprint density at radius 1 is 1.22 bits per heavy atom. The summed E-state index contributed by atoms with van der Waals surface area (Å²) in [5, 5.41) is 3.38. The van der Waals surface area contributed by atoms with Gasteiger partial charge in [-0.2, -0.15) is 0 Å². The van der Waals surface area contributed by atoms with Gasteiger partial charge < -0.3 is 10.1 Å². The molecule has 0 amide bonds. The van der Waals surface area contributed by atoms with Crippen LogP contribution in [-0.2, 0) is 13.1 Å². The van der Waals surface area contributed by atoms with Gasteiger partial charge in [0, 0.05) is 35.5 Å². The lowest BCUT2D eigenvalue weighted by atomic mass is 10.2. The van der Waals surface area contributed by atoms with Crippen molar-refractivity contribution >= 4 is 15.9 Å². The number of aromatic nitrogens is 1. The summed E-state index contributed by atoms with van der Waals surface area (Å²) in [6, 6.07) is 10.1. The number of nitrogens with one attached hydrogen (secondary N) is 1. The van der Waals surface area contributed by atoms with Crippen LogP contribution in [-0.4, -0.2) is 12.1 Å². The van der Waals surface area contributed by atoms with Crippen LogP contribution in [0.25, 0.3) is 0 Å². The summed E-state index contributed by atoms with van der Waals surface area (Å²) in [6.45, 7) is 1.56. The highest BCUT2D eigenvalue weighted by molar-refractivity contribution is 9.10. The van der Waals surface area contributed by atoms with Crippen molar-refractivity contribution in [3.8, 4) is 5.75 Å². The molecule has 2 aromatic rings. The second kappa shape index (κ2) is 6.52. The van der Waals surface area contributed by atoms with Gasteiger partial charge in [0.2, 0.25) is 0 Å². The number of hydrogen-bond donors (Lipinski definition) is 1. The monoisotopic (exact) mass is 306 g/mol. The molecule has 0 unspecified atom stereocenters. The van der Waals surface area contributed by atoms with Gasteiger partial charge in [-0.1, -0.05) is 18.2 Å². The van der Waals surface area contributed by atoms with Gasteiger partial charge in [-0.05, 0) is 33.6 Å². The van der Waals surface area contributed by atoms with Crippen LogP contribution in [0.5, 0.6) is 5.75 Å². The largest absolute Gasteiger partial charge is 0.496 e. The molecule has 4 heteroatoms. The molecule has 0 bridgehead atoms. The summed E-state index contributed by atoms with van der Waals surface area (Å²) in [5.74, 6) is 0.914. The minimum Gasteiger partial charge on any atom is -0.496 e. The first-order valence-corrected chi connectivity index (χ1v) is 6.51. The fourth-order valence-electron chi connectivity index (χ4n) is 1.74. The Hall–Kier alpha value is -1.39. The van der Waals surface area contributed by atoms with Crippen molar-refractivity contribution in [3.63, 3.8) is 0 Å². The third kappa shape index (κ3) is 3.55. The van der Waals surface area contributed by atoms with E-state index < -0.39 is 0 Å². The average Bonchev–Trinajstić information content (AvgIpc) is 2.39. The highest BCUT2D eigenvalue weighted by Crippen LogP contribution is 2.17. The van der Waals surface area contributed by atoms with Gasteiger partial charge in [0.15, 0.2) is 0 Å². The number of ether oxygens (including phenoxy) is 1. The summed E-state index contributed by atoms with van der Waals surface area (Å²) in [5.41, 5.74) is 2.31. The first kappa shape index (κ1) is 13.1. The predicted octanol–water partition coefficient (Wildman–Crippen LogP) is 3.14. The number of nitrogens with zero attached hydrogens (tertiary/aromatic N) is 1. The number of hydrogen-bond acceptors (Lipinski definition) is 3. The van der Waals surface area contributed by atoms with Gasteiger partial charge in [0.1, 0.15) is 5.75 Å². The summed E-state index contributed by atoms with van der Waals surface area (Å²) in [4.78, 5) is 4.13. The minimum absolute atomic E-state index is 0.774. The molecule has 0 atom stereocenters. The lowest BCUT2D eigenvalue weighted by Gasteiger charge is -2.09. The number of para-hydroxylation sites is 1. The Labute approximate surface area is 115 Å². The van der Waals surface area contributed by atoms with Crippen LogP contribution < -0.4 is 10.1 Å². The SMILES string of the molecule is COc1ccccc1CNCc1cncc(Br)c1. The van der Waals surface area contributed by atoms with E-state index in [4.69, 9.17) is 4.74 Å². The van der Waals surface area contributed by atoms with Crippen LogP contribution >= 0.6 is 15.9 Å². The number of benzene rings is 1. The molecule has 0 saturated heterocycles. The highest BCUT2D eigenvalue weighted by Gasteiger charge is 2.01. The van der Waals surface area contributed by atoms with Crippen LogP contribution in [0.4, 0.5) is 0 Å². The number of methoxy groups -OCH3 is 1. The van der Waals surface area contributed by atoms with Crippen molar-refractivity contribution in [2.45, 2.75) is 13.1 Å². The third-order valence-electron chi connectivity index (χ3n) is 2.60. The quantitative estimate of drug-likeness (QED) is 0.921. The molecule has 0 radical (unpaired) electrons. The van der Waals surface area contributed by atoms with E-state index in [0.29, 0.717) is 0 Å². The van der Waals surface area contributed by atoms with E-state index in [1.807, 2.05) is 24.4 Å². The first-order chi connectivity index (χ1) is 8.79. The van der Waals surface area contributed by atoms with Crippen LogP contribution in [0.1, 0.15) is 11.1 Å². The summed E-state index contributed by atoms with van der Waals surface area (Å²) in [7, 11) is 1.69. The lowest BCUT2D eigenvalue weighted by molar-refractivity contribution is 0.407. The summed E-state index contributed by atoms with van der Waals surface area (Å²) < 4.78 is 6.31. The van der Waals surface area contributed by atoms with E-state index in [1.54, 1.807) is 13.3 Å². The van der Waals surface area contributed by atoms with Gasteiger partial charge in [0.05, 0.1) is 7.11 Å². The van der Waals surface area contributed by atoms with Gasteiger partial charge in [0.25, 0.3) is 0 Å². The van der Waals surface area contributed by atoms with Crippen molar-refractivity contribution in [2.24, 2.45) is 0 Å². The molecular formula is C14H15BrN2O. The van der Waals surface area contributed by atoms with Crippen LogP contribution in [0.3, 0.4) is 0 Å². The molecule has 18 heavy (non-hydrogen) atoms. The van der Waals surface area contributed by atoms with Gasteiger partial charge in [-0.3, -0.25) is 4.98 Å². The molecular weight excluding hydrogens is 292 g/mol. The van der Waals surface area contributed by atoms with Crippen LogP contribution in [0.2, 0.25) is 0 Å². The molecule has 1 aromatic heterocycles. The molecule has 3 nitrogen and oxygen atoms in total. The molecule has 0 aliphatic carbocycles. The average molecular weight is 307 g/mol. The van der Waals surface area contributed by atoms with Crippen LogP contribution in [0, 0.1) is 0 Å². The zero-order valence-electron chi connectivity index (χ0n) is 10.2. The number of rotatable bonds is 5. The second-order valence-corrected chi connectivity index (χ2v) is 4.84. The molecule has 0 aliphatic rings. The number of halogens is 1. The maximum atomic E-state index is 5.31. The second-order valence-electron chi connectivity index (χ2n) is 3.93. The highest BCUT2D eigenvalue weighted by atomic mass is 79.9. The first-order valence-electron chi connectivity index (χ1n) is 5.71. The Morgan fingerprint density at radius 2 is 2.06 bits per heavy atom. The molecule has 1 heterocycles. The summed E-state index contributed by atoms with van der Waals surface area (Å²) in [6.07, 6.45) is 3.64. The number of pyridine rings is 1. The minimum atomic E-state index is 0.774. The zero-order valence-corrected chi connectivity index (χ0v) is 11.8. The topological polar surface area (TPSA) is 34.1 Å².